The number of nitrogens with zero attached hydrogens (tertiary/aromatic N) is 1. The van der Waals surface area contributed by atoms with Crippen LogP contribution in [0.4, 0.5) is 5.13 Å². The number of aromatic amines is 1. The first-order valence-corrected chi connectivity index (χ1v) is 9.92. The third-order valence-electron chi connectivity index (χ3n) is 4.11. The molecule has 28 heavy (non-hydrogen) atoms. The fourth-order valence-corrected chi connectivity index (χ4v) is 3.96. The lowest BCUT2D eigenvalue weighted by molar-refractivity contribution is 0.100. The van der Waals surface area contributed by atoms with Crippen molar-refractivity contribution in [2.45, 2.75) is 39.8 Å². The van der Waals surface area contributed by atoms with Crippen LogP contribution in [0.1, 0.15) is 47.7 Å². The van der Waals surface area contributed by atoms with Crippen LogP contribution in [0.3, 0.4) is 0 Å². The molecule has 0 aliphatic rings. The number of aryl methyl sites for hydroxylation is 1. The van der Waals surface area contributed by atoms with E-state index in [1.807, 2.05) is 20.8 Å². The fourth-order valence-electron chi connectivity index (χ4n) is 2.84. The van der Waals surface area contributed by atoms with Crippen molar-refractivity contribution in [3.8, 4) is 5.75 Å². The molecule has 1 aromatic carbocycles. The molecule has 7 nitrogen and oxygen atoms in total. The van der Waals surface area contributed by atoms with Gasteiger partial charge in [0, 0.05) is 17.0 Å². The number of rotatable bonds is 6. The van der Waals surface area contributed by atoms with Gasteiger partial charge >= 0.3 is 0 Å². The Hall–Kier alpha value is -2.58. The number of primary amides is 1. The first-order chi connectivity index (χ1) is 13.2. The minimum absolute atomic E-state index is 0.0304. The predicted molar refractivity (Wildman–Crippen MR) is 113 cm³/mol. The van der Waals surface area contributed by atoms with Gasteiger partial charge in [0.25, 0.3) is 11.5 Å². The standard InChI is InChI=1S/C19H21ClN4O3S/c1-8(2)27-15-7-14-11(6-13(15)20)5-12(18(26)24-14)9(3)22-19-23-10(4)16(28-19)17(21)25/h5-9H,1-4H3,(H2,21,25)(H,22,23)(H,24,26)/t9-/m0/s1. The number of hydrogen-bond acceptors (Lipinski definition) is 6. The summed E-state index contributed by atoms with van der Waals surface area (Å²) >= 11 is 7.48. The lowest BCUT2D eigenvalue weighted by Crippen LogP contribution is -2.19. The molecular weight excluding hydrogens is 400 g/mol. The zero-order valence-electron chi connectivity index (χ0n) is 15.9. The Morgan fingerprint density at radius 2 is 2.04 bits per heavy atom. The lowest BCUT2D eigenvalue weighted by atomic mass is 10.1. The van der Waals surface area contributed by atoms with Gasteiger partial charge in [-0.1, -0.05) is 22.9 Å². The van der Waals surface area contributed by atoms with Gasteiger partial charge < -0.3 is 20.8 Å². The molecule has 1 amide bonds. The summed E-state index contributed by atoms with van der Waals surface area (Å²) in [6.07, 6.45) is -0.0304. The minimum atomic E-state index is -0.520. The van der Waals surface area contributed by atoms with E-state index in [0.717, 1.165) is 16.7 Å². The van der Waals surface area contributed by atoms with E-state index in [4.69, 9.17) is 22.1 Å². The molecule has 0 saturated heterocycles. The number of carbonyl (C=O) groups is 1. The van der Waals surface area contributed by atoms with Gasteiger partial charge in [-0.25, -0.2) is 4.98 Å². The molecule has 0 aliphatic heterocycles. The average molecular weight is 421 g/mol. The zero-order valence-corrected chi connectivity index (χ0v) is 17.5. The van der Waals surface area contributed by atoms with Gasteiger partial charge in [0.1, 0.15) is 10.6 Å². The van der Waals surface area contributed by atoms with Crippen molar-refractivity contribution in [2.75, 3.05) is 5.32 Å². The number of anilines is 1. The molecule has 2 aromatic heterocycles. The van der Waals surface area contributed by atoms with E-state index in [0.29, 0.717) is 37.6 Å². The van der Waals surface area contributed by atoms with Crippen molar-refractivity contribution < 1.29 is 9.53 Å². The number of benzene rings is 1. The molecule has 2 heterocycles. The maximum Gasteiger partial charge on any atom is 0.260 e. The van der Waals surface area contributed by atoms with Gasteiger partial charge in [-0.15, -0.1) is 0 Å². The van der Waals surface area contributed by atoms with Gasteiger partial charge in [0.05, 0.1) is 28.4 Å². The molecular formula is C19H21ClN4O3S. The summed E-state index contributed by atoms with van der Waals surface area (Å²) in [6.45, 7) is 7.37. The number of H-pyrrole nitrogens is 1. The first-order valence-electron chi connectivity index (χ1n) is 8.72. The van der Waals surface area contributed by atoms with Crippen LogP contribution in [0.15, 0.2) is 23.0 Å². The Kier molecular flexibility index (Phi) is 5.62. The maximum absolute atomic E-state index is 12.6. The molecule has 0 bridgehead atoms. The third-order valence-corrected chi connectivity index (χ3v) is 5.51. The Bertz CT molecular complexity index is 1110. The summed E-state index contributed by atoms with van der Waals surface area (Å²) in [5.41, 5.74) is 6.83. The van der Waals surface area contributed by atoms with Crippen LogP contribution < -0.4 is 21.3 Å². The monoisotopic (exact) mass is 420 g/mol. The molecule has 0 saturated carbocycles. The molecule has 3 aromatic rings. The lowest BCUT2D eigenvalue weighted by Gasteiger charge is -2.15. The van der Waals surface area contributed by atoms with Gasteiger partial charge in [-0.3, -0.25) is 9.59 Å². The molecule has 148 valence electrons. The number of thiazole rings is 1. The quantitative estimate of drug-likeness (QED) is 0.558. The van der Waals surface area contributed by atoms with E-state index in [9.17, 15) is 9.59 Å². The average Bonchev–Trinajstić information content (AvgIpc) is 2.95. The number of halogens is 1. The predicted octanol–water partition coefficient (Wildman–Crippen LogP) is 4.01. The van der Waals surface area contributed by atoms with Crippen molar-refractivity contribution >= 4 is 44.9 Å². The zero-order chi connectivity index (χ0) is 20.6. The van der Waals surface area contributed by atoms with Crippen molar-refractivity contribution in [1.82, 2.24) is 9.97 Å². The molecule has 0 aliphatic carbocycles. The van der Waals surface area contributed by atoms with E-state index in [-0.39, 0.29) is 17.7 Å². The highest BCUT2D eigenvalue weighted by atomic mass is 35.5. The smallest absolute Gasteiger partial charge is 0.260 e. The van der Waals surface area contributed by atoms with E-state index in [2.05, 4.69) is 15.3 Å². The van der Waals surface area contributed by atoms with Crippen LogP contribution in [-0.4, -0.2) is 22.0 Å². The SMILES string of the molecule is Cc1nc(N[C@@H](C)c2cc3cc(Cl)c(OC(C)C)cc3[nH]c2=O)sc1C(N)=O. The topological polar surface area (TPSA) is 110 Å². The second-order valence-electron chi connectivity index (χ2n) is 6.75. The molecule has 3 rings (SSSR count). The Balaban J connectivity index is 1.94. The summed E-state index contributed by atoms with van der Waals surface area (Å²) in [7, 11) is 0. The fraction of sp³-hybridized carbons (Fsp3) is 0.316. The number of ether oxygens (including phenoxy) is 1. The number of fused-ring (bicyclic) bond motifs is 1. The summed E-state index contributed by atoms with van der Waals surface area (Å²) in [4.78, 5) is 31.6. The molecule has 0 unspecified atom stereocenters. The largest absolute Gasteiger partial charge is 0.489 e. The molecule has 9 heteroatoms. The highest BCUT2D eigenvalue weighted by Gasteiger charge is 2.17. The summed E-state index contributed by atoms with van der Waals surface area (Å²) in [6, 6.07) is 4.93. The molecule has 0 radical (unpaired) electrons. The summed E-state index contributed by atoms with van der Waals surface area (Å²) in [5.74, 6) is 0.00398. The Morgan fingerprint density at radius 3 is 2.64 bits per heavy atom. The second kappa shape index (κ2) is 7.81. The van der Waals surface area contributed by atoms with Crippen molar-refractivity contribution in [3.05, 3.63) is 49.7 Å². The van der Waals surface area contributed by atoms with Crippen LogP contribution in [0.2, 0.25) is 5.02 Å². The maximum atomic E-state index is 12.6. The molecule has 1 atom stereocenters. The second-order valence-corrected chi connectivity index (χ2v) is 8.16. The third kappa shape index (κ3) is 4.13. The summed E-state index contributed by atoms with van der Waals surface area (Å²) in [5, 5.41) is 4.94. The van der Waals surface area contributed by atoms with E-state index in [1.165, 1.54) is 0 Å². The van der Waals surface area contributed by atoms with E-state index < -0.39 is 5.91 Å². The number of pyridine rings is 1. The molecule has 0 spiro atoms. The van der Waals surface area contributed by atoms with Gasteiger partial charge in [0.2, 0.25) is 0 Å². The van der Waals surface area contributed by atoms with Crippen LogP contribution in [0.25, 0.3) is 10.9 Å². The normalized spacial score (nSPS) is 12.4. The summed E-state index contributed by atoms with van der Waals surface area (Å²) < 4.78 is 5.67. The van der Waals surface area contributed by atoms with Crippen LogP contribution >= 0.6 is 22.9 Å². The molecule has 0 fully saturated rings. The van der Waals surface area contributed by atoms with Gasteiger partial charge in [-0.05, 0) is 39.8 Å². The number of carbonyl (C=O) groups excluding carboxylic acids is 1. The van der Waals surface area contributed by atoms with Crippen molar-refractivity contribution in [1.29, 1.82) is 0 Å². The highest BCUT2D eigenvalue weighted by Crippen LogP contribution is 2.31. The van der Waals surface area contributed by atoms with E-state index >= 15 is 0 Å². The highest BCUT2D eigenvalue weighted by molar-refractivity contribution is 7.17. The minimum Gasteiger partial charge on any atom is -0.489 e. The number of hydrogen-bond donors (Lipinski definition) is 3. The number of aromatic nitrogens is 2. The van der Waals surface area contributed by atoms with Crippen LogP contribution in [0.5, 0.6) is 5.75 Å². The van der Waals surface area contributed by atoms with Crippen molar-refractivity contribution in [2.24, 2.45) is 5.73 Å². The van der Waals surface area contributed by atoms with Gasteiger partial charge in [-0.2, -0.15) is 0 Å². The Morgan fingerprint density at radius 1 is 1.32 bits per heavy atom. The Labute approximate surface area is 170 Å². The number of nitrogens with two attached hydrogens (primary N) is 1. The van der Waals surface area contributed by atoms with E-state index in [1.54, 1.807) is 25.1 Å². The van der Waals surface area contributed by atoms with Crippen molar-refractivity contribution in [3.63, 3.8) is 0 Å². The van der Waals surface area contributed by atoms with Gasteiger partial charge in [0.15, 0.2) is 5.13 Å². The van der Waals surface area contributed by atoms with Crippen LogP contribution in [-0.2, 0) is 0 Å². The first kappa shape index (κ1) is 20.2. The van der Waals surface area contributed by atoms with Crippen LogP contribution in [0, 0.1) is 6.92 Å². The number of amides is 1. The number of nitrogens with one attached hydrogen (secondary N) is 2. The molecule has 4 N–H and O–H groups in total.